The van der Waals surface area contributed by atoms with Gasteiger partial charge in [-0.15, -0.1) is 0 Å². The molecule has 2 nitrogen and oxygen atoms in total. The first kappa shape index (κ1) is 9.59. The molecule has 0 heterocycles. The van der Waals surface area contributed by atoms with Gasteiger partial charge in [0.15, 0.2) is 0 Å². The van der Waals surface area contributed by atoms with E-state index in [1.807, 2.05) is 12.1 Å². The lowest BCUT2D eigenvalue weighted by Crippen LogP contribution is -2.22. The van der Waals surface area contributed by atoms with Crippen LogP contribution in [0.1, 0.15) is 22.8 Å². The number of rotatable bonds is 1. The topological polar surface area (TPSA) is 34.1 Å². The zero-order valence-corrected chi connectivity index (χ0v) is 8.41. The summed E-state index contributed by atoms with van der Waals surface area (Å²) in [5.74, 6) is -0.850. The van der Waals surface area contributed by atoms with Gasteiger partial charge in [0, 0.05) is 11.1 Å². The summed E-state index contributed by atoms with van der Waals surface area (Å²) in [7, 11) is 0. The Morgan fingerprint density at radius 1 is 1.07 bits per heavy atom. The van der Waals surface area contributed by atoms with Crippen LogP contribution in [0.25, 0.3) is 5.57 Å². The number of hydrogen-bond acceptors (Lipinski definition) is 2. The van der Waals surface area contributed by atoms with Crippen LogP contribution in [-0.2, 0) is 4.79 Å². The molecule has 0 unspecified atom stereocenters. The molecule has 2 rings (SSSR count). The predicted octanol–water partition coefficient (Wildman–Crippen LogP) is 2.41. The summed E-state index contributed by atoms with van der Waals surface area (Å²) < 4.78 is 0. The zero-order valence-electron chi connectivity index (χ0n) is 8.41. The molecule has 74 valence electrons. The van der Waals surface area contributed by atoms with Crippen molar-refractivity contribution < 1.29 is 9.59 Å². The van der Waals surface area contributed by atoms with Gasteiger partial charge in [0.25, 0.3) is 0 Å². The number of hydrogen-bond donors (Lipinski definition) is 0. The van der Waals surface area contributed by atoms with Crippen LogP contribution in [0.15, 0.2) is 42.5 Å². The molecule has 1 aliphatic rings. The average Bonchev–Trinajstić information content (AvgIpc) is 2.27. The Hall–Kier alpha value is -1.96. The summed E-state index contributed by atoms with van der Waals surface area (Å²) in [6.07, 6.45) is 1.62. The van der Waals surface area contributed by atoms with Crippen molar-refractivity contribution in [2.75, 3.05) is 0 Å². The Morgan fingerprint density at radius 2 is 1.67 bits per heavy atom. The minimum absolute atomic E-state index is 0.423. The van der Waals surface area contributed by atoms with Crippen LogP contribution in [-0.4, -0.2) is 11.6 Å². The van der Waals surface area contributed by atoms with E-state index in [1.54, 1.807) is 25.1 Å². The molecule has 2 heteroatoms. The molecule has 1 aromatic carbocycles. The fraction of sp³-hybridized carbons (Fsp3) is 0.0769. The molecule has 0 N–H and O–H groups in total. The zero-order chi connectivity index (χ0) is 11.0. The summed E-state index contributed by atoms with van der Waals surface area (Å²) >= 11 is 0. The molecule has 0 saturated heterocycles. The van der Waals surface area contributed by atoms with Crippen LogP contribution in [0.4, 0.5) is 0 Å². The van der Waals surface area contributed by atoms with Crippen LogP contribution in [0, 0.1) is 0 Å². The van der Waals surface area contributed by atoms with Gasteiger partial charge >= 0.3 is 0 Å². The average molecular weight is 198 g/mol. The number of allylic oxidation sites excluding steroid dienone is 3. The summed E-state index contributed by atoms with van der Waals surface area (Å²) in [5.41, 5.74) is 2.52. The van der Waals surface area contributed by atoms with E-state index >= 15 is 0 Å². The summed E-state index contributed by atoms with van der Waals surface area (Å²) in [5, 5.41) is 0. The van der Waals surface area contributed by atoms with Gasteiger partial charge in [0.2, 0.25) is 11.6 Å². The smallest absolute Gasteiger partial charge is 0.233 e. The molecule has 0 fully saturated rings. The van der Waals surface area contributed by atoms with Crippen molar-refractivity contribution in [3.63, 3.8) is 0 Å². The van der Waals surface area contributed by atoms with Crippen molar-refractivity contribution in [3.8, 4) is 0 Å². The van der Waals surface area contributed by atoms with Crippen molar-refractivity contribution in [3.05, 3.63) is 53.6 Å². The maximum Gasteiger partial charge on any atom is 0.233 e. The Balaban J connectivity index is 2.80. The standard InChI is InChI=1S/C13H10O2/c1-3-9-8(2)12(14)13(15)11-7-5-4-6-10(9)11/h3-7H,1H2,2H3. The van der Waals surface area contributed by atoms with E-state index in [-0.39, 0.29) is 0 Å². The lowest BCUT2D eigenvalue weighted by Gasteiger charge is -2.16. The van der Waals surface area contributed by atoms with Crippen LogP contribution in [0.3, 0.4) is 0 Å². The maximum absolute atomic E-state index is 11.7. The van der Waals surface area contributed by atoms with Gasteiger partial charge in [-0.1, -0.05) is 36.9 Å². The number of Topliss-reactive ketones (excluding diaryl/α,β-unsaturated/α-hetero) is 2. The Bertz CT molecular complexity index is 507. The molecule has 0 aliphatic heterocycles. The van der Waals surface area contributed by atoms with Gasteiger partial charge in [-0.2, -0.15) is 0 Å². The number of carbonyl (C=O) groups is 2. The first-order valence-electron chi connectivity index (χ1n) is 4.68. The van der Waals surface area contributed by atoms with E-state index in [0.717, 1.165) is 11.1 Å². The van der Waals surface area contributed by atoms with Gasteiger partial charge in [0.05, 0.1) is 0 Å². The van der Waals surface area contributed by atoms with Crippen molar-refractivity contribution >= 4 is 17.1 Å². The fourth-order valence-electron chi connectivity index (χ4n) is 1.80. The highest BCUT2D eigenvalue weighted by atomic mass is 16.2. The normalized spacial score (nSPS) is 15.3. The highest BCUT2D eigenvalue weighted by molar-refractivity contribution is 6.52. The molecular formula is C13H10O2. The van der Waals surface area contributed by atoms with Crippen LogP contribution >= 0.6 is 0 Å². The van der Waals surface area contributed by atoms with Gasteiger partial charge in [-0.3, -0.25) is 9.59 Å². The van der Waals surface area contributed by atoms with Crippen molar-refractivity contribution in [1.29, 1.82) is 0 Å². The lowest BCUT2D eigenvalue weighted by atomic mass is 9.84. The predicted molar refractivity (Wildman–Crippen MR) is 58.6 cm³/mol. The molecule has 0 radical (unpaired) electrons. The maximum atomic E-state index is 11.7. The summed E-state index contributed by atoms with van der Waals surface area (Å²) in [6, 6.07) is 7.11. The summed E-state index contributed by atoms with van der Waals surface area (Å²) in [6.45, 7) is 5.33. The molecule has 0 amide bonds. The molecule has 0 aromatic heterocycles. The molecule has 15 heavy (non-hydrogen) atoms. The van der Waals surface area contributed by atoms with Gasteiger partial charge in [-0.05, 0) is 18.1 Å². The summed E-state index contributed by atoms with van der Waals surface area (Å²) in [4.78, 5) is 23.3. The second-order valence-corrected chi connectivity index (χ2v) is 3.45. The first-order valence-corrected chi connectivity index (χ1v) is 4.68. The minimum atomic E-state index is -0.427. The number of carbonyl (C=O) groups excluding carboxylic acids is 2. The van der Waals surface area contributed by atoms with Crippen molar-refractivity contribution in [2.45, 2.75) is 6.92 Å². The molecule has 0 spiro atoms. The second kappa shape index (κ2) is 3.31. The first-order chi connectivity index (χ1) is 7.16. The van der Waals surface area contributed by atoms with E-state index in [2.05, 4.69) is 6.58 Å². The minimum Gasteiger partial charge on any atom is -0.285 e. The highest BCUT2D eigenvalue weighted by Crippen LogP contribution is 2.29. The van der Waals surface area contributed by atoms with E-state index < -0.39 is 11.6 Å². The Kier molecular flexibility index (Phi) is 2.12. The number of benzene rings is 1. The fourth-order valence-corrected chi connectivity index (χ4v) is 1.80. The van der Waals surface area contributed by atoms with Crippen LogP contribution < -0.4 is 0 Å². The molecule has 0 bridgehead atoms. The van der Waals surface area contributed by atoms with Gasteiger partial charge < -0.3 is 0 Å². The van der Waals surface area contributed by atoms with Crippen molar-refractivity contribution in [2.24, 2.45) is 0 Å². The second-order valence-electron chi connectivity index (χ2n) is 3.45. The van der Waals surface area contributed by atoms with Gasteiger partial charge in [0.1, 0.15) is 0 Å². The molecular weight excluding hydrogens is 188 g/mol. The quantitative estimate of drug-likeness (QED) is 0.649. The van der Waals surface area contributed by atoms with Crippen LogP contribution in [0.2, 0.25) is 0 Å². The van der Waals surface area contributed by atoms with Crippen LogP contribution in [0.5, 0.6) is 0 Å². The molecule has 0 saturated carbocycles. The lowest BCUT2D eigenvalue weighted by molar-refractivity contribution is -0.111. The third kappa shape index (κ3) is 1.26. The SMILES string of the molecule is C=CC1=C(C)C(=O)C(=O)c2ccccc21. The Labute approximate surface area is 87.9 Å². The monoisotopic (exact) mass is 198 g/mol. The van der Waals surface area contributed by atoms with E-state index in [4.69, 9.17) is 0 Å². The number of fused-ring (bicyclic) bond motifs is 1. The third-order valence-corrected chi connectivity index (χ3v) is 2.62. The third-order valence-electron chi connectivity index (χ3n) is 2.62. The number of ketones is 2. The van der Waals surface area contributed by atoms with E-state index in [1.165, 1.54) is 0 Å². The van der Waals surface area contributed by atoms with E-state index in [9.17, 15) is 9.59 Å². The van der Waals surface area contributed by atoms with Gasteiger partial charge in [-0.25, -0.2) is 0 Å². The molecule has 1 aliphatic carbocycles. The van der Waals surface area contributed by atoms with E-state index in [0.29, 0.717) is 11.1 Å². The highest BCUT2D eigenvalue weighted by Gasteiger charge is 2.28. The Morgan fingerprint density at radius 3 is 2.27 bits per heavy atom. The van der Waals surface area contributed by atoms with Crippen molar-refractivity contribution in [1.82, 2.24) is 0 Å². The largest absolute Gasteiger partial charge is 0.285 e. The molecule has 1 aromatic rings. The molecule has 0 atom stereocenters.